The number of fused-ring (bicyclic) bond motifs is 4. The van der Waals surface area contributed by atoms with Crippen molar-refractivity contribution >= 4 is 0 Å². The first-order valence-electron chi connectivity index (χ1n) is 9.98. The Morgan fingerprint density at radius 3 is 2.52 bits per heavy atom. The van der Waals surface area contributed by atoms with Crippen LogP contribution in [0.2, 0.25) is 0 Å². The normalized spacial score (nSPS) is 23.6. The van der Waals surface area contributed by atoms with Gasteiger partial charge in [0.25, 0.3) is 0 Å². The average molecular weight is 341 g/mol. The van der Waals surface area contributed by atoms with Gasteiger partial charge in [-0.15, -0.1) is 0 Å². The van der Waals surface area contributed by atoms with Crippen LogP contribution < -0.4 is 0 Å². The SMILES string of the molecule is CC(C)(C)n1ncc2c1CCCC2.CC(C)n1ncc2c1CC1CC21. The van der Waals surface area contributed by atoms with Crippen LogP contribution in [0.15, 0.2) is 12.4 Å². The molecule has 2 unspecified atom stereocenters. The molecule has 1 saturated carbocycles. The molecule has 0 amide bonds. The number of aryl methyl sites for hydroxylation is 1. The van der Waals surface area contributed by atoms with Crippen LogP contribution in [-0.2, 0) is 24.8 Å². The van der Waals surface area contributed by atoms with Crippen molar-refractivity contribution in [3.8, 4) is 0 Å². The Balaban J connectivity index is 0.000000126. The monoisotopic (exact) mass is 340 g/mol. The molecule has 0 bridgehead atoms. The van der Waals surface area contributed by atoms with Crippen molar-refractivity contribution in [3.63, 3.8) is 0 Å². The molecule has 2 heterocycles. The number of hydrogen-bond donors (Lipinski definition) is 0. The molecule has 2 aromatic heterocycles. The molecular formula is C21H32N4. The third-order valence-electron chi connectivity index (χ3n) is 5.90. The Hall–Kier alpha value is -1.58. The van der Waals surface area contributed by atoms with E-state index in [0.29, 0.717) is 6.04 Å². The predicted molar refractivity (Wildman–Crippen MR) is 101 cm³/mol. The van der Waals surface area contributed by atoms with Gasteiger partial charge < -0.3 is 0 Å². The van der Waals surface area contributed by atoms with Crippen molar-refractivity contribution in [1.29, 1.82) is 0 Å². The fraction of sp³-hybridized carbons (Fsp3) is 0.714. The fourth-order valence-corrected chi connectivity index (χ4v) is 4.54. The molecule has 2 aromatic rings. The molecule has 25 heavy (non-hydrogen) atoms. The minimum atomic E-state index is 0.144. The lowest BCUT2D eigenvalue weighted by Crippen LogP contribution is -2.26. The summed E-state index contributed by atoms with van der Waals surface area (Å²) in [6.45, 7) is 11.1. The summed E-state index contributed by atoms with van der Waals surface area (Å²) in [5.74, 6) is 1.88. The summed E-state index contributed by atoms with van der Waals surface area (Å²) in [4.78, 5) is 0. The summed E-state index contributed by atoms with van der Waals surface area (Å²) in [6.07, 6.45) is 12.0. The average Bonchev–Trinajstić information content (AvgIpc) is 2.92. The van der Waals surface area contributed by atoms with E-state index in [1.54, 1.807) is 5.56 Å². The quantitative estimate of drug-likeness (QED) is 0.758. The summed E-state index contributed by atoms with van der Waals surface area (Å²) in [5, 5.41) is 8.92. The molecule has 0 aromatic carbocycles. The third-order valence-corrected chi connectivity index (χ3v) is 5.90. The third kappa shape index (κ3) is 3.04. The van der Waals surface area contributed by atoms with Gasteiger partial charge >= 0.3 is 0 Å². The Morgan fingerprint density at radius 2 is 1.80 bits per heavy atom. The lowest BCUT2D eigenvalue weighted by Gasteiger charge is -2.24. The maximum atomic E-state index is 4.49. The van der Waals surface area contributed by atoms with E-state index in [-0.39, 0.29) is 5.54 Å². The van der Waals surface area contributed by atoms with Gasteiger partial charge in [-0.05, 0) is 96.1 Å². The minimum absolute atomic E-state index is 0.144. The van der Waals surface area contributed by atoms with Crippen LogP contribution >= 0.6 is 0 Å². The minimum Gasteiger partial charge on any atom is -0.267 e. The van der Waals surface area contributed by atoms with E-state index in [1.807, 2.05) is 0 Å². The highest BCUT2D eigenvalue weighted by Gasteiger charge is 2.47. The largest absolute Gasteiger partial charge is 0.267 e. The zero-order chi connectivity index (χ0) is 17.8. The van der Waals surface area contributed by atoms with E-state index in [1.165, 1.54) is 55.5 Å². The van der Waals surface area contributed by atoms with Crippen molar-refractivity contribution in [2.45, 2.75) is 90.6 Å². The second-order valence-corrected chi connectivity index (χ2v) is 9.30. The van der Waals surface area contributed by atoms with Gasteiger partial charge in [0.15, 0.2) is 0 Å². The molecular weight excluding hydrogens is 308 g/mol. The van der Waals surface area contributed by atoms with Gasteiger partial charge in [0.1, 0.15) is 0 Å². The summed E-state index contributed by atoms with van der Waals surface area (Å²) >= 11 is 0. The lowest BCUT2D eigenvalue weighted by molar-refractivity contribution is 0.339. The molecule has 0 aliphatic heterocycles. The summed E-state index contributed by atoms with van der Waals surface area (Å²) in [6, 6.07) is 0.534. The van der Waals surface area contributed by atoms with E-state index in [0.717, 1.165) is 11.8 Å². The van der Waals surface area contributed by atoms with Crippen LogP contribution in [0.4, 0.5) is 0 Å². The molecule has 0 saturated heterocycles. The maximum Gasteiger partial charge on any atom is 0.0546 e. The van der Waals surface area contributed by atoms with Crippen molar-refractivity contribution < 1.29 is 0 Å². The number of rotatable bonds is 1. The summed E-state index contributed by atoms with van der Waals surface area (Å²) < 4.78 is 4.39. The molecule has 136 valence electrons. The van der Waals surface area contributed by atoms with Crippen molar-refractivity contribution in [1.82, 2.24) is 19.6 Å². The van der Waals surface area contributed by atoms with E-state index in [4.69, 9.17) is 0 Å². The number of nitrogens with zero attached hydrogens (tertiary/aromatic N) is 4. The Morgan fingerprint density at radius 1 is 1.04 bits per heavy atom. The highest BCUT2D eigenvalue weighted by molar-refractivity contribution is 5.36. The Kier molecular flexibility index (Phi) is 4.04. The summed E-state index contributed by atoms with van der Waals surface area (Å²) in [7, 11) is 0. The van der Waals surface area contributed by atoms with E-state index < -0.39 is 0 Å². The first kappa shape index (κ1) is 16.9. The zero-order valence-electron chi connectivity index (χ0n) is 16.4. The van der Waals surface area contributed by atoms with Gasteiger partial charge in [0, 0.05) is 17.4 Å². The highest BCUT2D eigenvalue weighted by atomic mass is 15.3. The molecule has 0 N–H and O–H groups in total. The van der Waals surface area contributed by atoms with Crippen molar-refractivity contribution in [2.24, 2.45) is 5.92 Å². The molecule has 0 radical (unpaired) electrons. The van der Waals surface area contributed by atoms with E-state index in [9.17, 15) is 0 Å². The van der Waals surface area contributed by atoms with Crippen LogP contribution in [0, 0.1) is 5.92 Å². The van der Waals surface area contributed by atoms with Gasteiger partial charge in [-0.3, -0.25) is 9.36 Å². The van der Waals surface area contributed by atoms with Crippen LogP contribution in [-0.4, -0.2) is 19.6 Å². The van der Waals surface area contributed by atoms with Crippen LogP contribution in [0.25, 0.3) is 0 Å². The Bertz CT molecular complexity index is 759. The van der Waals surface area contributed by atoms with E-state index >= 15 is 0 Å². The molecule has 2 atom stereocenters. The molecule has 3 aliphatic carbocycles. The predicted octanol–water partition coefficient (Wildman–Crippen LogP) is 4.64. The standard InChI is InChI=1S/C11H18N2.C10H14N2/c1-11(2,3)13-10-7-5-4-6-9(10)8-12-13;1-6(2)12-10-4-7-3-8(7)9(10)5-11-12/h8H,4-7H2,1-3H3;5-8H,3-4H2,1-2H3. The molecule has 5 rings (SSSR count). The van der Waals surface area contributed by atoms with Crippen LogP contribution in [0.1, 0.15) is 88.4 Å². The maximum absolute atomic E-state index is 4.49. The second-order valence-electron chi connectivity index (χ2n) is 9.30. The Labute approximate surface area is 151 Å². The first-order chi connectivity index (χ1) is 11.9. The van der Waals surface area contributed by atoms with Gasteiger partial charge in [0.2, 0.25) is 0 Å². The van der Waals surface area contributed by atoms with E-state index in [2.05, 4.69) is 66.6 Å². The fourth-order valence-electron chi connectivity index (χ4n) is 4.54. The molecule has 4 heteroatoms. The molecule has 0 spiro atoms. The number of hydrogen-bond acceptors (Lipinski definition) is 2. The first-order valence-corrected chi connectivity index (χ1v) is 9.98. The lowest BCUT2D eigenvalue weighted by atomic mass is 9.97. The zero-order valence-corrected chi connectivity index (χ0v) is 16.4. The highest BCUT2D eigenvalue weighted by Crippen LogP contribution is 2.56. The van der Waals surface area contributed by atoms with Gasteiger partial charge in [-0.25, -0.2) is 0 Å². The molecule has 1 fully saturated rings. The smallest absolute Gasteiger partial charge is 0.0546 e. The topological polar surface area (TPSA) is 35.6 Å². The molecule has 4 nitrogen and oxygen atoms in total. The number of aromatic nitrogens is 4. The van der Waals surface area contributed by atoms with Gasteiger partial charge in [-0.1, -0.05) is 0 Å². The van der Waals surface area contributed by atoms with Crippen LogP contribution in [0.5, 0.6) is 0 Å². The second kappa shape index (κ2) is 6.00. The van der Waals surface area contributed by atoms with Crippen molar-refractivity contribution in [2.75, 3.05) is 0 Å². The van der Waals surface area contributed by atoms with Gasteiger partial charge in [0.05, 0.1) is 17.9 Å². The molecule has 3 aliphatic rings. The van der Waals surface area contributed by atoms with Gasteiger partial charge in [-0.2, -0.15) is 10.2 Å². The van der Waals surface area contributed by atoms with Crippen molar-refractivity contribution in [3.05, 3.63) is 34.9 Å². The van der Waals surface area contributed by atoms with Crippen LogP contribution in [0.3, 0.4) is 0 Å². The summed E-state index contributed by atoms with van der Waals surface area (Å²) in [5.41, 5.74) is 6.16.